The largest absolute Gasteiger partial charge is 0.106 e. The Bertz CT molecular complexity index is 189. The second-order valence-electron chi connectivity index (χ2n) is 2.49. The van der Waals surface area contributed by atoms with Crippen LogP contribution in [0.25, 0.3) is 0 Å². The smallest absolute Gasteiger partial charge is 0.0281 e. The molecule has 1 aromatic carbocycles. The molecule has 0 amide bonds. The van der Waals surface area contributed by atoms with Crippen molar-refractivity contribution in [3.63, 3.8) is 0 Å². The zero-order valence-electron chi connectivity index (χ0n) is 8.30. The van der Waals surface area contributed by atoms with Gasteiger partial charge in [-0.1, -0.05) is 51.5 Å². The van der Waals surface area contributed by atoms with Gasteiger partial charge in [0.15, 0.2) is 0 Å². The minimum absolute atomic E-state index is 1.20. The molecule has 0 saturated carbocycles. The number of benzene rings is 1. The van der Waals surface area contributed by atoms with Gasteiger partial charge in [0, 0.05) is 0 Å². The molecule has 0 N–H and O–H groups in total. The van der Waals surface area contributed by atoms with Gasteiger partial charge in [-0.15, -0.1) is 9.24 Å². The highest BCUT2D eigenvalue weighted by Crippen LogP contribution is 2.01. The van der Waals surface area contributed by atoms with Crippen molar-refractivity contribution in [2.45, 2.75) is 33.6 Å². The molecular weight excluding hydrogens is 163 g/mol. The van der Waals surface area contributed by atoms with E-state index in [-0.39, 0.29) is 0 Å². The van der Waals surface area contributed by atoms with Crippen LogP contribution in [0.5, 0.6) is 0 Å². The van der Waals surface area contributed by atoms with Crippen LogP contribution in [-0.4, -0.2) is 0 Å². The van der Waals surface area contributed by atoms with Crippen molar-refractivity contribution in [1.82, 2.24) is 0 Å². The van der Waals surface area contributed by atoms with Gasteiger partial charge in [-0.3, -0.25) is 0 Å². The third-order valence-electron chi connectivity index (χ3n) is 1.52. The van der Waals surface area contributed by atoms with Crippen molar-refractivity contribution < 1.29 is 0 Å². The molecule has 1 aromatic rings. The molecule has 12 heavy (non-hydrogen) atoms. The summed E-state index contributed by atoms with van der Waals surface area (Å²) in [6.45, 7) is 6.20. The molecule has 0 spiro atoms. The molecule has 1 heteroatoms. The lowest BCUT2D eigenvalue weighted by atomic mass is 10.1. The Morgan fingerprint density at radius 1 is 1.08 bits per heavy atom. The summed E-state index contributed by atoms with van der Waals surface area (Å²) in [6, 6.07) is 8.64. The first kappa shape index (κ1) is 11.6. The monoisotopic (exact) mass is 182 g/mol. The maximum atomic E-state index is 2.69. The molecule has 0 bridgehead atoms. The Kier molecular flexibility index (Phi) is 7.09. The third-order valence-corrected chi connectivity index (χ3v) is 1.90. The van der Waals surface area contributed by atoms with Crippen molar-refractivity contribution in [3.8, 4) is 0 Å². The van der Waals surface area contributed by atoms with Crippen molar-refractivity contribution in [2.24, 2.45) is 0 Å². The number of hydrogen-bond acceptors (Lipinski definition) is 0. The summed E-state index contributed by atoms with van der Waals surface area (Å²) in [7, 11) is 2.69. The Hall–Kier alpha value is -0.350. The molecule has 1 atom stereocenters. The maximum absolute atomic E-state index is 2.69. The molecule has 1 rings (SSSR count). The first-order chi connectivity index (χ1) is 5.83. The fraction of sp³-hybridized carbons (Fsp3) is 0.455. The van der Waals surface area contributed by atoms with E-state index in [0.29, 0.717) is 0 Å². The fourth-order valence-electron chi connectivity index (χ4n) is 0.973. The molecule has 1 unspecified atom stereocenters. The molecule has 0 aliphatic rings. The van der Waals surface area contributed by atoms with Crippen LogP contribution in [0.2, 0.25) is 0 Å². The first-order valence-electron chi connectivity index (χ1n) is 4.67. The van der Waals surface area contributed by atoms with Gasteiger partial charge in [0.05, 0.1) is 0 Å². The second-order valence-corrected chi connectivity index (χ2v) is 3.16. The van der Waals surface area contributed by atoms with Gasteiger partial charge in [0.1, 0.15) is 0 Å². The van der Waals surface area contributed by atoms with Gasteiger partial charge >= 0.3 is 0 Å². The molecule has 0 aromatic heterocycles. The van der Waals surface area contributed by atoms with Gasteiger partial charge in [0.25, 0.3) is 0 Å². The average Bonchev–Trinajstić information content (AvgIpc) is 2.13. The van der Waals surface area contributed by atoms with E-state index in [4.69, 9.17) is 0 Å². The first-order valence-corrected chi connectivity index (χ1v) is 5.25. The summed E-state index contributed by atoms with van der Waals surface area (Å²) in [5, 5.41) is 1.26. The lowest BCUT2D eigenvalue weighted by molar-refractivity contribution is 0.922. The third kappa shape index (κ3) is 4.51. The van der Waals surface area contributed by atoms with E-state index in [1.807, 2.05) is 13.8 Å². The predicted octanol–water partition coefficient (Wildman–Crippen LogP) is 3.17. The molecule has 0 radical (unpaired) electrons. The van der Waals surface area contributed by atoms with Crippen LogP contribution in [0.1, 0.15) is 32.8 Å². The SMILES string of the molecule is CC.CCCc1ccc(P)cc1. The van der Waals surface area contributed by atoms with Crippen LogP contribution in [0.4, 0.5) is 0 Å². The highest BCUT2D eigenvalue weighted by molar-refractivity contribution is 7.27. The van der Waals surface area contributed by atoms with Gasteiger partial charge in [-0.2, -0.15) is 0 Å². The Labute approximate surface area is 78.6 Å². The van der Waals surface area contributed by atoms with E-state index in [1.54, 1.807) is 0 Å². The molecule has 0 saturated heterocycles. The normalized spacial score (nSPS) is 8.67. The van der Waals surface area contributed by atoms with Gasteiger partial charge in [-0.25, -0.2) is 0 Å². The highest BCUT2D eigenvalue weighted by Gasteiger charge is 1.88. The summed E-state index contributed by atoms with van der Waals surface area (Å²) in [6.07, 6.45) is 2.43. The number of rotatable bonds is 2. The van der Waals surface area contributed by atoms with E-state index in [1.165, 1.54) is 23.7 Å². The van der Waals surface area contributed by atoms with E-state index >= 15 is 0 Å². The molecule has 0 aliphatic heterocycles. The van der Waals surface area contributed by atoms with Crippen LogP contribution in [0, 0.1) is 0 Å². The highest BCUT2D eigenvalue weighted by atomic mass is 31.0. The fourth-order valence-corrected chi connectivity index (χ4v) is 1.17. The number of aryl methyl sites for hydroxylation is 1. The standard InChI is InChI=1S/C9H13P.C2H6/c1-2-3-8-4-6-9(10)7-5-8;1-2/h4-7H,2-3,10H2,1H3;1-2H3. The van der Waals surface area contributed by atoms with Crippen molar-refractivity contribution in [3.05, 3.63) is 29.8 Å². The molecular formula is C11H19P. The van der Waals surface area contributed by atoms with Crippen molar-refractivity contribution in [2.75, 3.05) is 0 Å². The Balaban J connectivity index is 0.000000561. The van der Waals surface area contributed by atoms with Crippen LogP contribution in [0.3, 0.4) is 0 Å². The molecule has 0 aliphatic carbocycles. The lowest BCUT2D eigenvalue weighted by Gasteiger charge is -1.97. The summed E-state index contributed by atoms with van der Waals surface area (Å²) in [5.74, 6) is 0. The Morgan fingerprint density at radius 2 is 1.58 bits per heavy atom. The molecule has 68 valence electrons. The quantitative estimate of drug-likeness (QED) is 0.616. The van der Waals surface area contributed by atoms with Crippen LogP contribution in [0.15, 0.2) is 24.3 Å². The van der Waals surface area contributed by atoms with Gasteiger partial charge in [-0.05, 0) is 17.3 Å². The van der Waals surface area contributed by atoms with E-state index in [9.17, 15) is 0 Å². The number of hydrogen-bond donors (Lipinski definition) is 0. The minimum Gasteiger partial charge on any atom is -0.106 e. The van der Waals surface area contributed by atoms with Gasteiger partial charge < -0.3 is 0 Å². The maximum Gasteiger partial charge on any atom is -0.0281 e. The second kappa shape index (κ2) is 7.31. The van der Waals surface area contributed by atoms with Crippen LogP contribution in [-0.2, 0) is 6.42 Å². The van der Waals surface area contributed by atoms with Crippen LogP contribution >= 0.6 is 9.24 Å². The van der Waals surface area contributed by atoms with Crippen LogP contribution < -0.4 is 5.30 Å². The summed E-state index contributed by atoms with van der Waals surface area (Å²) >= 11 is 0. The molecule has 0 heterocycles. The van der Waals surface area contributed by atoms with E-state index in [2.05, 4.69) is 40.4 Å². The average molecular weight is 182 g/mol. The molecule has 0 nitrogen and oxygen atoms in total. The van der Waals surface area contributed by atoms with E-state index < -0.39 is 0 Å². The zero-order chi connectivity index (χ0) is 9.40. The summed E-state index contributed by atoms with van der Waals surface area (Å²) < 4.78 is 0. The molecule has 0 fully saturated rings. The van der Waals surface area contributed by atoms with Crippen molar-refractivity contribution >= 4 is 14.5 Å². The lowest BCUT2D eigenvalue weighted by Crippen LogP contribution is -1.90. The predicted molar refractivity (Wildman–Crippen MR) is 61.1 cm³/mol. The Morgan fingerprint density at radius 3 is 2.00 bits per heavy atom. The minimum atomic E-state index is 1.20. The summed E-state index contributed by atoms with van der Waals surface area (Å²) in [5.41, 5.74) is 1.44. The topological polar surface area (TPSA) is 0 Å². The van der Waals surface area contributed by atoms with E-state index in [0.717, 1.165) is 0 Å². The zero-order valence-corrected chi connectivity index (χ0v) is 9.46. The summed E-state index contributed by atoms with van der Waals surface area (Å²) in [4.78, 5) is 0. The van der Waals surface area contributed by atoms with Gasteiger partial charge in [0.2, 0.25) is 0 Å². The van der Waals surface area contributed by atoms with Crippen molar-refractivity contribution in [1.29, 1.82) is 0 Å².